The maximum Gasteiger partial charge on any atom is 0.223 e. The molecule has 1 fully saturated rings. The van der Waals surface area contributed by atoms with E-state index in [2.05, 4.69) is 22.0 Å². The Morgan fingerprint density at radius 3 is 2.52 bits per heavy atom. The SMILES string of the molecule is O=C(CCc1ncc(-c2ccc(Cl)cc2Cl)o1)N1CCN(c2ccccc2)CC1. The van der Waals surface area contributed by atoms with Crippen molar-refractivity contribution in [2.45, 2.75) is 12.8 Å². The third-order valence-electron chi connectivity index (χ3n) is 5.06. The van der Waals surface area contributed by atoms with Crippen LogP contribution in [-0.2, 0) is 11.2 Å². The Labute approximate surface area is 179 Å². The van der Waals surface area contributed by atoms with Crippen molar-refractivity contribution in [1.82, 2.24) is 9.88 Å². The van der Waals surface area contributed by atoms with Gasteiger partial charge in [0.1, 0.15) is 0 Å². The highest BCUT2D eigenvalue weighted by atomic mass is 35.5. The van der Waals surface area contributed by atoms with Gasteiger partial charge in [-0.05, 0) is 30.3 Å². The van der Waals surface area contributed by atoms with E-state index in [-0.39, 0.29) is 5.91 Å². The first-order valence-electron chi connectivity index (χ1n) is 9.58. The number of rotatable bonds is 5. The number of anilines is 1. The van der Waals surface area contributed by atoms with Gasteiger partial charge in [-0.25, -0.2) is 4.98 Å². The summed E-state index contributed by atoms with van der Waals surface area (Å²) in [4.78, 5) is 21.1. The highest BCUT2D eigenvalue weighted by Gasteiger charge is 2.21. The summed E-state index contributed by atoms with van der Waals surface area (Å²) in [7, 11) is 0. The molecule has 0 radical (unpaired) electrons. The van der Waals surface area contributed by atoms with Gasteiger partial charge in [0.2, 0.25) is 5.91 Å². The van der Waals surface area contributed by atoms with Crippen LogP contribution in [0.5, 0.6) is 0 Å². The minimum Gasteiger partial charge on any atom is -0.441 e. The van der Waals surface area contributed by atoms with Gasteiger partial charge >= 0.3 is 0 Å². The Balaban J connectivity index is 1.30. The second-order valence-corrected chi connectivity index (χ2v) is 7.79. The number of carbonyl (C=O) groups is 1. The molecule has 0 aliphatic carbocycles. The number of amides is 1. The summed E-state index contributed by atoms with van der Waals surface area (Å²) in [5.74, 6) is 1.23. The zero-order valence-electron chi connectivity index (χ0n) is 15.9. The standard InChI is InChI=1S/C22H21Cl2N3O2/c23-16-6-7-18(19(24)14-16)20-15-25-21(29-20)8-9-22(28)27-12-10-26(11-13-27)17-4-2-1-3-5-17/h1-7,14-15H,8-13H2. The largest absolute Gasteiger partial charge is 0.441 e. The fourth-order valence-corrected chi connectivity index (χ4v) is 3.97. The molecule has 1 aliphatic heterocycles. The molecule has 7 heteroatoms. The van der Waals surface area contributed by atoms with Gasteiger partial charge in [-0.2, -0.15) is 0 Å². The van der Waals surface area contributed by atoms with Gasteiger partial charge in [0.25, 0.3) is 0 Å². The number of benzene rings is 2. The van der Waals surface area contributed by atoms with Crippen LogP contribution in [0.15, 0.2) is 59.1 Å². The van der Waals surface area contributed by atoms with E-state index in [1.165, 1.54) is 5.69 Å². The molecule has 0 spiro atoms. The van der Waals surface area contributed by atoms with Crippen molar-refractivity contribution < 1.29 is 9.21 Å². The number of hydrogen-bond donors (Lipinski definition) is 0. The molecule has 2 heterocycles. The second-order valence-electron chi connectivity index (χ2n) is 6.95. The van der Waals surface area contributed by atoms with Gasteiger partial charge in [0.15, 0.2) is 11.7 Å². The Bertz CT molecular complexity index is 983. The minimum absolute atomic E-state index is 0.127. The first-order chi connectivity index (χ1) is 14.1. The molecular weight excluding hydrogens is 409 g/mol. The molecule has 1 amide bonds. The summed E-state index contributed by atoms with van der Waals surface area (Å²) >= 11 is 12.2. The van der Waals surface area contributed by atoms with Crippen LogP contribution in [0, 0.1) is 0 Å². The van der Waals surface area contributed by atoms with E-state index in [4.69, 9.17) is 27.6 Å². The molecule has 2 aromatic carbocycles. The van der Waals surface area contributed by atoms with Crippen LogP contribution in [0.3, 0.4) is 0 Å². The maximum absolute atomic E-state index is 12.6. The predicted octanol–water partition coefficient (Wildman–Crippen LogP) is 4.93. The van der Waals surface area contributed by atoms with Crippen LogP contribution in [0.25, 0.3) is 11.3 Å². The summed E-state index contributed by atoms with van der Waals surface area (Å²) in [5.41, 5.74) is 1.94. The number of aryl methyl sites for hydroxylation is 1. The molecule has 0 saturated carbocycles. The van der Waals surface area contributed by atoms with Gasteiger partial charge in [0.05, 0.1) is 11.2 Å². The van der Waals surface area contributed by atoms with Crippen LogP contribution in [0.4, 0.5) is 5.69 Å². The number of halogens is 2. The van der Waals surface area contributed by atoms with Crippen LogP contribution < -0.4 is 4.90 Å². The molecule has 1 aliphatic rings. The van der Waals surface area contributed by atoms with E-state index in [9.17, 15) is 4.79 Å². The van der Waals surface area contributed by atoms with Crippen LogP contribution in [0.1, 0.15) is 12.3 Å². The summed E-state index contributed by atoms with van der Waals surface area (Å²) in [6.07, 6.45) is 2.47. The highest BCUT2D eigenvalue weighted by Crippen LogP contribution is 2.31. The molecule has 0 N–H and O–H groups in total. The average molecular weight is 430 g/mol. The number of oxazole rings is 1. The number of hydrogen-bond acceptors (Lipinski definition) is 4. The van der Waals surface area contributed by atoms with Crippen molar-refractivity contribution in [1.29, 1.82) is 0 Å². The number of para-hydroxylation sites is 1. The fraction of sp³-hybridized carbons (Fsp3) is 0.273. The summed E-state index contributed by atoms with van der Waals surface area (Å²) < 4.78 is 5.79. The average Bonchev–Trinajstić information content (AvgIpc) is 3.21. The minimum atomic E-state index is 0.127. The number of piperazine rings is 1. The molecule has 4 rings (SSSR count). The second kappa shape index (κ2) is 8.89. The molecule has 3 aromatic rings. The monoisotopic (exact) mass is 429 g/mol. The van der Waals surface area contributed by atoms with Gasteiger partial charge < -0.3 is 14.2 Å². The lowest BCUT2D eigenvalue weighted by molar-refractivity contribution is -0.131. The lowest BCUT2D eigenvalue weighted by Crippen LogP contribution is -2.48. The van der Waals surface area contributed by atoms with Crippen molar-refractivity contribution in [3.63, 3.8) is 0 Å². The normalized spacial score (nSPS) is 14.3. The van der Waals surface area contributed by atoms with Crippen molar-refractivity contribution in [3.05, 3.63) is 70.7 Å². The Hall–Kier alpha value is -2.50. The Morgan fingerprint density at radius 2 is 1.79 bits per heavy atom. The first-order valence-corrected chi connectivity index (χ1v) is 10.3. The van der Waals surface area contributed by atoms with E-state index < -0.39 is 0 Å². The molecule has 0 bridgehead atoms. The van der Waals surface area contributed by atoms with Crippen molar-refractivity contribution in [3.8, 4) is 11.3 Å². The van der Waals surface area contributed by atoms with Crippen LogP contribution in [0.2, 0.25) is 10.0 Å². The van der Waals surface area contributed by atoms with Crippen molar-refractivity contribution in [2.24, 2.45) is 0 Å². The molecule has 0 atom stereocenters. The summed E-state index contributed by atoms with van der Waals surface area (Å²) in [6.45, 7) is 3.14. The zero-order valence-corrected chi connectivity index (χ0v) is 17.4. The van der Waals surface area contributed by atoms with Gasteiger partial charge in [-0.3, -0.25) is 4.79 Å². The van der Waals surface area contributed by atoms with Gasteiger partial charge in [-0.1, -0.05) is 41.4 Å². The Kier molecular flexibility index (Phi) is 6.07. The number of carbonyl (C=O) groups excluding carboxylic acids is 1. The number of aromatic nitrogens is 1. The van der Waals surface area contributed by atoms with Crippen LogP contribution in [-0.4, -0.2) is 42.0 Å². The van der Waals surface area contributed by atoms with Crippen LogP contribution >= 0.6 is 23.2 Å². The Morgan fingerprint density at radius 1 is 1.03 bits per heavy atom. The maximum atomic E-state index is 12.6. The van der Waals surface area contributed by atoms with Crippen molar-refractivity contribution >= 4 is 34.8 Å². The molecule has 150 valence electrons. The third-order valence-corrected chi connectivity index (χ3v) is 5.60. The highest BCUT2D eigenvalue weighted by molar-refractivity contribution is 6.36. The van der Waals surface area contributed by atoms with Gasteiger partial charge in [-0.15, -0.1) is 0 Å². The van der Waals surface area contributed by atoms with E-state index in [1.807, 2.05) is 23.1 Å². The summed E-state index contributed by atoms with van der Waals surface area (Å²) in [5, 5.41) is 1.07. The predicted molar refractivity (Wildman–Crippen MR) is 116 cm³/mol. The smallest absolute Gasteiger partial charge is 0.223 e. The topological polar surface area (TPSA) is 49.6 Å². The van der Waals surface area contributed by atoms with E-state index in [0.717, 1.165) is 31.7 Å². The molecule has 0 unspecified atom stereocenters. The molecule has 29 heavy (non-hydrogen) atoms. The molecule has 1 aromatic heterocycles. The summed E-state index contributed by atoms with van der Waals surface area (Å²) in [6, 6.07) is 15.5. The molecule has 1 saturated heterocycles. The molecular formula is C22H21Cl2N3O2. The van der Waals surface area contributed by atoms with Gasteiger partial charge in [0, 0.05) is 55.3 Å². The lowest BCUT2D eigenvalue weighted by Gasteiger charge is -2.36. The van der Waals surface area contributed by atoms with E-state index in [1.54, 1.807) is 24.4 Å². The van der Waals surface area contributed by atoms with E-state index in [0.29, 0.717) is 34.5 Å². The number of nitrogens with zero attached hydrogens (tertiary/aromatic N) is 3. The fourth-order valence-electron chi connectivity index (χ4n) is 3.46. The van der Waals surface area contributed by atoms with E-state index >= 15 is 0 Å². The first kappa shape index (κ1) is 19.8. The lowest BCUT2D eigenvalue weighted by atomic mass is 10.2. The molecule has 5 nitrogen and oxygen atoms in total. The third kappa shape index (κ3) is 4.74. The zero-order chi connectivity index (χ0) is 20.2. The quantitative estimate of drug-likeness (QED) is 0.576. The van der Waals surface area contributed by atoms with Crippen molar-refractivity contribution in [2.75, 3.05) is 31.1 Å².